The Kier molecular flexibility index (Phi) is 5.27. The van der Waals surface area contributed by atoms with Gasteiger partial charge < -0.3 is 5.32 Å². The van der Waals surface area contributed by atoms with Crippen LogP contribution in [0.4, 0.5) is 5.69 Å². The van der Waals surface area contributed by atoms with Crippen LogP contribution >= 0.6 is 0 Å². The number of sulfonamides is 1. The summed E-state index contributed by atoms with van der Waals surface area (Å²) in [7, 11) is -3.59. The van der Waals surface area contributed by atoms with Crippen molar-refractivity contribution < 1.29 is 13.3 Å². The van der Waals surface area contributed by atoms with E-state index >= 15 is 0 Å². The van der Waals surface area contributed by atoms with Crippen molar-refractivity contribution >= 4 is 15.7 Å². The quantitative estimate of drug-likeness (QED) is 0.450. The van der Waals surface area contributed by atoms with E-state index in [9.17, 15) is 18.5 Å². The number of nitrogens with one attached hydrogen (secondary N) is 2. The van der Waals surface area contributed by atoms with Gasteiger partial charge in [-0.1, -0.05) is 0 Å². The first-order valence-electron chi connectivity index (χ1n) is 6.96. The van der Waals surface area contributed by atoms with Crippen molar-refractivity contribution in [1.82, 2.24) is 10.0 Å². The summed E-state index contributed by atoms with van der Waals surface area (Å²) >= 11 is 0. The molecular weight excluding hydrogens is 294 g/mol. The molecule has 1 atom stereocenters. The van der Waals surface area contributed by atoms with Crippen molar-refractivity contribution in [3.8, 4) is 0 Å². The predicted octanol–water partition coefficient (Wildman–Crippen LogP) is 1.41. The van der Waals surface area contributed by atoms with Gasteiger partial charge in [0.05, 0.1) is 9.82 Å². The van der Waals surface area contributed by atoms with Crippen molar-refractivity contribution in [2.45, 2.75) is 36.6 Å². The Balaban J connectivity index is 1.84. The lowest BCUT2D eigenvalue weighted by Gasteiger charge is -2.10. The molecule has 1 aliphatic heterocycles. The molecule has 1 heterocycles. The maximum Gasteiger partial charge on any atom is 0.269 e. The molecule has 1 aromatic rings. The summed E-state index contributed by atoms with van der Waals surface area (Å²) in [5, 5.41) is 13.9. The standard InChI is InChI=1S/C13H19N3O4S/c17-16(18)12-5-7-13(8-6-12)21(19,20)15-10-2-4-11-3-1-9-14-11/h5-8,11,14-15H,1-4,9-10H2. The Morgan fingerprint density at radius 1 is 1.33 bits per heavy atom. The van der Waals surface area contributed by atoms with E-state index in [0.29, 0.717) is 12.6 Å². The van der Waals surface area contributed by atoms with Gasteiger partial charge in [0.15, 0.2) is 0 Å². The van der Waals surface area contributed by atoms with Crippen LogP contribution in [-0.4, -0.2) is 32.5 Å². The molecule has 0 radical (unpaired) electrons. The highest BCUT2D eigenvalue weighted by Gasteiger charge is 2.16. The molecule has 0 spiro atoms. The van der Waals surface area contributed by atoms with Crippen LogP contribution in [0.3, 0.4) is 0 Å². The van der Waals surface area contributed by atoms with Crippen LogP contribution in [0.5, 0.6) is 0 Å². The fourth-order valence-electron chi connectivity index (χ4n) is 2.39. The number of nitrogens with zero attached hydrogens (tertiary/aromatic N) is 1. The SMILES string of the molecule is O=[N+]([O-])c1ccc(S(=O)(=O)NCCCC2CCCN2)cc1. The van der Waals surface area contributed by atoms with E-state index in [1.165, 1.54) is 30.7 Å². The highest BCUT2D eigenvalue weighted by molar-refractivity contribution is 7.89. The molecule has 1 aliphatic rings. The van der Waals surface area contributed by atoms with Gasteiger partial charge in [-0.25, -0.2) is 13.1 Å². The summed E-state index contributed by atoms with van der Waals surface area (Å²) in [4.78, 5) is 10.0. The normalized spacial score (nSPS) is 18.8. The molecule has 116 valence electrons. The Morgan fingerprint density at radius 3 is 2.62 bits per heavy atom. The van der Waals surface area contributed by atoms with E-state index < -0.39 is 14.9 Å². The third-order valence-corrected chi connectivity index (χ3v) is 5.02. The summed E-state index contributed by atoms with van der Waals surface area (Å²) in [5.41, 5.74) is -0.124. The molecule has 0 bridgehead atoms. The Labute approximate surface area is 123 Å². The highest BCUT2D eigenvalue weighted by atomic mass is 32.2. The largest absolute Gasteiger partial charge is 0.314 e. The van der Waals surface area contributed by atoms with Crippen molar-refractivity contribution in [1.29, 1.82) is 0 Å². The van der Waals surface area contributed by atoms with Crippen LogP contribution in [0.2, 0.25) is 0 Å². The number of nitro benzene ring substituents is 1. The molecule has 2 rings (SSSR count). The topological polar surface area (TPSA) is 101 Å². The predicted molar refractivity (Wildman–Crippen MR) is 78.5 cm³/mol. The van der Waals surface area contributed by atoms with Crippen LogP contribution in [0.25, 0.3) is 0 Å². The van der Waals surface area contributed by atoms with Gasteiger partial charge in [-0.3, -0.25) is 10.1 Å². The maximum absolute atomic E-state index is 12.0. The van der Waals surface area contributed by atoms with Crippen molar-refractivity contribution in [3.63, 3.8) is 0 Å². The molecule has 1 unspecified atom stereocenters. The van der Waals surface area contributed by atoms with Crippen molar-refractivity contribution in [2.24, 2.45) is 0 Å². The van der Waals surface area contributed by atoms with Crippen LogP contribution in [0, 0.1) is 10.1 Å². The van der Waals surface area contributed by atoms with E-state index in [1.807, 2.05) is 0 Å². The second-order valence-electron chi connectivity index (χ2n) is 5.08. The summed E-state index contributed by atoms with van der Waals surface area (Å²) in [6.07, 6.45) is 4.04. The molecule has 21 heavy (non-hydrogen) atoms. The minimum Gasteiger partial charge on any atom is -0.314 e. The molecule has 0 amide bonds. The van der Waals surface area contributed by atoms with Crippen molar-refractivity contribution in [2.75, 3.05) is 13.1 Å². The number of non-ortho nitro benzene ring substituents is 1. The zero-order valence-electron chi connectivity index (χ0n) is 11.6. The first kappa shape index (κ1) is 15.9. The van der Waals surface area contributed by atoms with Crippen molar-refractivity contribution in [3.05, 3.63) is 34.4 Å². The fraction of sp³-hybridized carbons (Fsp3) is 0.538. The van der Waals surface area contributed by atoms with E-state index in [-0.39, 0.29) is 10.6 Å². The summed E-state index contributed by atoms with van der Waals surface area (Å²) in [6.45, 7) is 1.41. The third kappa shape index (κ3) is 4.48. The van der Waals surface area contributed by atoms with Gasteiger partial charge in [-0.2, -0.15) is 0 Å². The molecule has 0 saturated carbocycles. The molecule has 8 heteroatoms. The first-order chi connectivity index (χ1) is 9.99. The van der Waals surface area contributed by atoms with Crippen LogP contribution in [0.15, 0.2) is 29.2 Å². The van der Waals surface area contributed by atoms with E-state index in [0.717, 1.165) is 25.8 Å². The summed E-state index contributed by atoms with van der Waals surface area (Å²) < 4.78 is 26.5. The molecule has 1 aromatic carbocycles. The third-order valence-electron chi connectivity index (χ3n) is 3.54. The van der Waals surface area contributed by atoms with Crippen LogP contribution in [0.1, 0.15) is 25.7 Å². The van der Waals surface area contributed by atoms with Crippen LogP contribution in [-0.2, 0) is 10.0 Å². The Morgan fingerprint density at radius 2 is 2.05 bits per heavy atom. The minimum atomic E-state index is -3.59. The second-order valence-corrected chi connectivity index (χ2v) is 6.85. The van der Waals surface area contributed by atoms with Gasteiger partial charge in [-0.05, 0) is 44.4 Å². The molecule has 2 N–H and O–H groups in total. The lowest BCUT2D eigenvalue weighted by Crippen LogP contribution is -2.27. The molecule has 1 saturated heterocycles. The molecule has 0 aromatic heterocycles. The number of rotatable bonds is 7. The average Bonchev–Trinajstić information content (AvgIpc) is 2.97. The minimum absolute atomic E-state index is 0.0482. The van der Waals surface area contributed by atoms with E-state index in [2.05, 4.69) is 10.0 Å². The zero-order chi connectivity index (χ0) is 15.3. The van der Waals surface area contributed by atoms with Gasteiger partial charge in [0, 0.05) is 24.7 Å². The van der Waals surface area contributed by atoms with Crippen LogP contribution < -0.4 is 10.0 Å². The lowest BCUT2D eigenvalue weighted by molar-refractivity contribution is -0.384. The number of benzene rings is 1. The van der Waals surface area contributed by atoms with Gasteiger partial charge in [0.2, 0.25) is 10.0 Å². The number of hydrogen-bond donors (Lipinski definition) is 2. The van der Waals surface area contributed by atoms with Gasteiger partial charge in [0.25, 0.3) is 5.69 Å². The Hall–Kier alpha value is -1.51. The summed E-state index contributed by atoms with van der Waals surface area (Å²) in [5.74, 6) is 0. The fourth-order valence-corrected chi connectivity index (χ4v) is 3.46. The Bertz CT molecular complexity index is 580. The lowest BCUT2D eigenvalue weighted by atomic mass is 10.1. The highest BCUT2D eigenvalue weighted by Crippen LogP contribution is 2.16. The van der Waals surface area contributed by atoms with E-state index in [1.54, 1.807) is 0 Å². The smallest absolute Gasteiger partial charge is 0.269 e. The van der Waals surface area contributed by atoms with E-state index in [4.69, 9.17) is 0 Å². The summed E-state index contributed by atoms with van der Waals surface area (Å²) in [6, 6.07) is 5.38. The van der Waals surface area contributed by atoms with Gasteiger partial charge in [-0.15, -0.1) is 0 Å². The van der Waals surface area contributed by atoms with Gasteiger partial charge in [0.1, 0.15) is 0 Å². The first-order valence-corrected chi connectivity index (χ1v) is 8.45. The molecule has 0 aliphatic carbocycles. The monoisotopic (exact) mass is 313 g/mol. The maximum atomic E-state index is 12.0. The molecular formula is C13H19N3O4S. The average molecular weight is 313 g/mol. The number of hydrogen-bond acceptors (Lipinski definition) is 5. The second kappa shape index (κ2) is 6.97. The van der Waals surface area contributed by atoms with Gasteiger partial charge >= 0.3 is 0 Å². The molecule has 1 fully saturated rings. The zero-order valence-corrected chi connectivity index (χ0v) is 12.4. The number of nitro groups is 1. The molecule has 7 nitrogen and oxygen atoms in total.